The van der Waals surface area contributed by atoms with E-state index in [0.717, 1.165) is 31.5 Å². The van der Waals surface area contributed by atoms with Crippen LogP contribution in [0.15, 0.2) is 42.7 Å². The highest BCUT2D eigenvalue weighted by atomic mass is 16.3. The lowest BCUT2D eigenvalue weighted by Crippen LogP contribution is -2.42. The Labute approximate surface area is 160 Å². The normalized spacial score (nSPS) is 16.5. The molecule has 2 heterocycles. The molecule has 1 aromatic carbocycles. The van der Waals surface area contributed by atoms with Crippen molar-refractivity contribution >= 4 is 11.7 Å². The number of hydrogen-bond donors (Lipinski definition) is 2. The highest BCUT2D eigenvalue weighted by Gasteiger charge is 2.28. The van der Waals surface area contributed by atoms with Gasteiger partial charge in [0.1, 0.15) is 0 Å². The third-order valence-corrected chi connectivity index (χ3v) is 5.08. The lowest BCUT2D eigenvalue weighted by molar-refractivity contribution is 0.0683. The number of hydrogen-bond acceptors (Lipinski definition) is 4. The fourth-order valence-corrected chi connectivity index (χ4v) is 3.40. The van der Waals surface area contributed by atoms with E-state index in [1.54, 1.807) is 6.20 Å². The molecular weight excluding hydrogens is 342 g/mol. The third kappa shape index (κ3) is 5.30. The number of amides is 2. The number of rotatable bonds is 6. The largest absolute Gasteiger partial charge is 0.388 e. The van der Waals surface area contributed by atoms with Crippen LogP contribution in [0, 0.1) is 5.92 Å². The molecule has 1 atom stereocenters. The lowest BCUT2D eigenvalue weighted by Gasteiger charge is -2.34. The number of carbonyl (C=O) groups is 1. The number of aromatic nitrogens is 2. The van der Waals surface area contributed by atoms with Gasteiger partial charge in [0.15, 0.2) is 0 Å². The van der Waals surface area contributed by atoms with E-state index in [9.17, 15) is 9.90 Å². The van der Waals surface area contributed by atoms with E-state index in [1.807, 2.05) is 60.2 Å². The number of nitrogens with one attached hydrogen (secondary N) is 1. The van der Waals surface area contributed by atoms with Gasteiger partial charge in [0.05, 0.1) is 24.5 Å². The van der Waals surface area contributed by atoms with Gasteiger partial charge in [0.2, 0.25) is 0 Å². The molecule has 7 heteroatoms. The second kappa shape index (κ2) is 9.01. The Morgan fingerprint density at radius 1 is 1.30 bits per heavy atom. The molecule has 0 saturated carbocycles. The van der Waals surface area contributed by atoms with Crippen LogP contribution in [0.25, 0.3) is 0 Å². The summed E-state index contributed by atoms with van der Waals surface area (Å²) in [4.78, 5) is 16.4. The van der Waals surface area contributed by atoms with Gasteiger partial charge >= 0.3 is 6.03 Å². The Balaban J connectivity index is 1.47. The van der Waals surface area contributed by atoms with E-state index in [2.05, 4.69) is 15.3 Å². The van der Waals surface area contributed by atoms with Crippen LogP contribution >= 0.6 is 0 Å². The fourth-order valence-electron chi connectivity index (χ4n) is 3.40. The Bertz CT molecular complexity index is 723. The predicted octanol–water partition coefficient (Wildman–Crippen LogP) is 2.42. The summed E-state index contributed by atoms with van der Waals surface area (Å²) < 4.78 is 1.83. The van der Waals surface area contributed by atoms with E-state index in [0.29, 0.717) is 18.8 Å². The molecule has 1 aliphatic rings. The summed E-state index contributed by atoms with van der Waals surface area (Å²) in [5, 5.41) is 17.8. The van der Waals surface area contributed by atoms with Crippen molar-refractivity contribution in [2.24, 2.45) is 5.92 Å². The van der Waals surface area contributed by atoms with Gasteiger partial charge in [-0.25, -0.2) is 4.79 Å². The molecule has 2 N–H and O–H groups in total. The van der Waals surface area contributed by atoms with Crippen molar-refractivity contribution in [3.8, 4) is 0 Å². The zero-order valence-corrected chi connectivity index (χ0v) is 16.1. The zero-order valence-electron chi connectivity index (χ0n) is 16.1. The maximum absolute atomic E-state index is 12.5. The van der Waals surface area contributed by atoms with E-state index >= 15 is 0 Å². The van der Waals surface area contributed by atoms with Crippen molar-refractivity contribution < 1.29 is 9.90 Å². The molecule has 1 aromatic heterocycles. The maximum atomic E-state index is 12.5. The number of aliphatic hydroxyl groups excluding tert-OH is 1. The van der Waals surface area contributed by atoms with Crippen molar-refractivity contribution in [3.63, 3.8) is 0 Å². The van der Waals surface area contributed by atoms with Gasteiger partial charge in [-0.1, -0.05) is 30.3 Å². The first-order valence-corrected chi connectivity index (χ1v) is 9.49. The van der Waals surface area contributed by atoms with Crippen LogP contribution in [0.1, 0.15) is 24.5 Å². The van der Waals surface area contributed by atoms with Crippen LogP contribution < -0.4 is 5.32 Å². The molecule has 0 bridgehead atoms. The molecular formula is C20H29N5O2. The summed E-state index contributed by atoms with van der Waals surface area (Å²) in [6.45, 7) is 2.97. The van der Waals surface area contributed by atoms with Gasteiger partial charge in [-0.2, -0.15) is 5.10 Å². The predicted molar refractivity (Wildman–Crippen MR) is 105 cm³/mol. The van der Waals surface area contributed by atoms with Gasteiger partial charge < -0.3 is 20.2 Å². The molecule has 2 amide bonds. The molecule has 0 aliphatic carbocycles. The van der Waals surface area contributed by atoms with E-state index < -0.39 is 6.10 Å². The molecule has 0 spiro atoms. The minimum Gasteiger partial charge on any atom is -0.388 e. The molecule has 1 unspecified atom stereocenters. The minimum absolute atomic E-state index is 0.102. The summed E-state index contributed by atoms with van der Waals surface area (Å²) in [5.41, 5.74) is 1.66. The Kier molecular flexibility index (Phi) is 6.47. The summed E-state index contributed by atoms with van der Waals surface area (Å²) in [6, 6.07) is 9.65. The third-order valence-electron chi connectivity index (χ3n) is 5.08. The average Bonchev–Trinajstić information content (AvgIpc) is 3.14. The number of anilines is 1. The number of likely N-dealkylation sites (tertiary alicyclic amines) is 1. The molecule has 27 heavy (non-hydrogen) atoms. The summed E-state index contributed by atoms with van der Waals surface area (Å²) in [5.74, 6) is 0.185. The molecule has 7 nitrogen and oxygen atoms in total. The number of aliphatic hydroxyl groups is 1. The minimum atomic E-state index is -0.466. The van der Waals surface area contributed by atoms with Crippen LogP contribution in [0.2, 0.25) is 0 Å². The topological polar surface area (TPSA) is 73.6 Å². The van der Waals surface area contributed by atoms with E-state index in [4.69, 9.17) is 0 Å². The Hall–Kier alpha value is -2.38. The quantitative estimate of drug-likeness (QED) is 0.818. The summed E-state index contributed by atoms with van der Waals surface area (Å²) >= 11 is 0. The standard InChI is InChI=1S/C20H29N5O2/c1-23(2)12-13-25-15-18(14-21-25)22-20(27)24-10-8-17(9-11-24)19(26)16-6-4-3-5-7-16/h3-7,14-15,17,19,26H,8-13H2,1-2H3,(H,22,27). The smallest absolute Gasteiger partial charge is 0.321 e. The molecule has 1 fully saturated rings. The Morgan fingerprint density at radius 2 is 2.00 bits per heavy atom. The second-order valence-corrected chi connectivity index (χ2v) is 7.41. The van der Waals surface area contributed by atoms with Gasteiger partial charge in [0, 0.05) is 25.8 Å². The van der Waals surface area contributed by atoms with Crippen LogP contribution in [-0.4, -0.2) is 64.4 Å². The van der Waals surface area contributed by atoms with E-state index in [-0.39, 0.29) is 11.9 Å². The van der Waals surface area contributed by atoms with Gasteiger partial charge in [-0.05, 0) is 38.4 Å². The van der Waals surface area contributed by atoms with Crippen LogP contribution in [-0.2, 0) is 6.54 Å². The van der Waals surface area contributed by atoms with E-state index in [1.165, 1.54) is 0 Å². The maximum Gasteiger partial charge on any atom is 0.321 e. The molecule has 3 rings (SSSR count). The number of piperidine rings is 1. The van der Waals surface area contributed by atoms with Crippen molar-refractivity contribution in [1.29, 1.82) is 0 Å². The SMILES string of the molecule is CN(C)CCn1cc(NC(=O)N2CCC(C(O)c3ccccc3)CC2)cn1. The molecule has 0 radical (unpaired) electrons. The first-order chi connectivity index (χ1) is 13.0. The molecule has 1 saturated heterocycles. The first-order valence-electron chi connectivity index (χ1n) is 9.49. The Morgan fingerprint density at radius 3 is 2.67 bits per heavy atom. The van der Waals surface area contributed by atoms with Crippen molar-refractivity contribution in [2.75, 3.05) is 39.0 Å². The lowest BCUT2D eigenvalue weighted by atomic mass is 9.87. The second-order valence-electron chi connectivity index (χ2n) is 7.41. The number of urea groups is 1. The first kappa shape index (κ1) is 19.4. The number of benzene rings is 1. The van der Waals surface area contributed by atoms with Crippen LogP contribution in [0.3, 0.4) is 0 Å². The van der Waals surface area contributed by atoms with Crippen molar-refractivity contribution in [3.05, 3.63) is 48.3 Å². The average molecular weight is 371 g/mol. The highest BCUT2D eigenvalue weighted by molar-refractivity contribution is 5.89. The highest BCUT2D eigenvalue weighted by Crippen LogP contribution is 2.30. The summed E-state index contributed by atoms with van der Waals surface area (Å²) in [7, 11) is 4.04. The van der Waals surface area contributed by atoms with Crippen LogP contribution in [0.4, 0.5) is 10.5 Å². The van der Waals surface area contributed by atoms with Gasteiger partial charge in [-0.15, -0.1) is 0 Å². The van der Waals surface area contributed by atoms with Gasteiger partial charge in [0.25, 0.3) is 0 Å². The zero-order chi connectivity index (χ0) is 19.2. The molecule has 2 aromatic rings. The van der Waals surface area contributed by atoms with Gasteiger partial charge in [-0.3, -0.25) is 4.68 Å². The number of likely N-dealkylation sites (N-methyl/N-ethyl adjacent to an activating group) is 1. The van der Waals surface area contributed by atoms with Crippen LogP contribution in [0.5, 0.6) is 0 Å². The summed E-state index contributed by atoms with van der Waals surface area (Å²) in [6.07, 6.45) is 4.66. The monoisotopic (exact) mass is 371 g/mol. The van der Waals surface area contributed by atoms with Crippen molar-refractivity contribution in [1.82, 2.24) is 19.6 Å². The molecule has 1 aliphatic heterocycles. The fraction of sp³-hybridized carbons (Fsp3) is 0.500. The number of nitrogens with zero attached hydrogens (tertiary/aromatic N) is 4. The molecule has 146 valence electrons. The van der Waals surface area contributed by atoms with Crippen molar-refractivity contribution in [2.45, 2.75) is 25.5 Å². The number of carbonyl (C=O) groups excluding carboxylic acids is 1.